The second-order valence-corrected chi connectivity index (χ2v) is 7.27. The highest BCUT2D eigenvalue weighted by Crippen LogP contribution is 2.11. The van der Waals surface area contributed by atoms with Gasteiger partial charge in [-0.3, -0.25) is 9.59 Å². The lowest BCUT2D eigenvalue weighted by molar-refractivity contribution is 0.628. The van der Waals surface area contributed by atoms with Crippen LogP contribution in [0.4, 0.5) is 4.39 Å². The molecule has 0 aliphatic carbocycles. The van der Waals surface area contributed by atoms with Crippen LogP contribution in [0.5, 0.6) is 0 Å². The number of hydrogen-bond acceptors (Lipinski definition) is 5. The van der Waals surface area contributed by atoms with Crippen LogP contribution in [-0.2, 0) is 6.42 Å². The fraction of sp³-hybridized carbons (Fsp3) is 0.0526. The summed E-state index contributed by atoms with van der Waals surface area (Å²) in [4.78, 5) is 29.1. The van der Waals surface area contributed by atoms with E-state index in [2.05, 4.69) is 10.1 Å². The van der Waals surface area contributed by atoms with Gasteiger partial charge in [-0.05, 0) is 41.5 Å². The van der Waals surface area contributed by atoms with E-state index in [0.29, 0.717) is 15.1 Å². The monoisotopic (exact) mass is 399 g/mol. The van der Waals surface area contributed by atoms with Crippen LogP contribution >= 0.6 is 22.9 Å². The van der Waals surface area contributed by atoms with Crippen molar-refractivity contribution in [2.45, 2.75) is 6.42 Å². The van der Waals surface area contributed by atoms with Crippen molar-refractivity contribution in [2.75, 3.05) is 0 Å². The Hall–Kier alpha value is -2.90. The molecule has 8 heteroatoms. The smallest absolute Gasteiger partial charge is 0.266 e. The van der Waals surface area contributed by atoms with Crippen molar-refractivity contribution in [3.8, 4) is 0 Å². The lowest BCUT2D eigenvalue weighted by atomic mass is 10.1. The number of nitrogens with zero attached hydrogens (tertiary/aromatic N) is 3. The molecule has 0 bridgehead atoms. The van der Waals surface area contributed by atoms with E-state index in [1.165, 1.54) is 12.1 Å². The largest absolute Gasteiger partial charge is 0.296 e. The Bertz CT molecular complexity index is 1300. The molecule has 0 aliphatic rings. The average molecular weight is 400 g/mol. The van der Waals surface area contributed by atoms with Gasteiger partial charge in [-0.15, -0.1) is 0 Å². The van der Waals surface area contributed by atoms with E-state index >= 15 is 0 Å². The maximum absolute atomic E-state index is 13.0. The minimum absolute atomic E-state index is 0.179. The van der Waals surface area contributed by atoms with Crippen molar-refractivity contribution in [2.24, 2.45) is 0 Å². The Morgan fingerprint density at radius 1 is 1.07 bits per heavy atom. The predicted molar refractivity (Wildman–Crippen MR) is 103 cm³/mol. The molecule has 134 valence electrons. The minimum Gasteiger partial charge on any atom is -0.266 e. The van der Waals surface area contributed by atoms with E-state index in [1.807, 2.05) is 0 Å². The van der Waals surface area contributed by atoms with Gasteiger partial charge in [-0.1, -0.05) is 47.2 Å². The zero-order chi connectivity index (χ0) is 19.0. The third-order valence-corrected chi connectivity index (χ3v) is 5.11. The SMILES string of the molecule is O=c1nc2sc(=Cc3ccc(F)cc3)c(=O)n2nc1Cc1ccc(Cl)cc1. The number of hydrogen-bond donors (Lipinski definition) is 0. The van der Waals surface area contributed by atoms with Gasteiger partial charge < -0.3 is 0 Å². The summed E-state index contributed by atoms with van der Waals surface area (Å²) < 4.78 is 14.5. The first kappa shape index (κ1) is 17.5. The normalized spacial score (nSPS) is 12.0. The summed E-state index contributed by atoms with van der Waals surface area (Å²) >= 11 is 6.93. The van der Waals surface area contributed by atoms with Gasteiger partial charge in [0.05, 0.1) is 4.53 Å². The van der Waals surface area contributed by atoms with Crippen molar-refractivity contribution in [1.29, 1.82) is 0 Å². The molecule has 0 aliphatic heterocycles. The van der Waals surface area contributed by atoms with Crippen LogP contribution < -0.4 is 15.7 Å². The maximum Gasteiger partial charge on any atom is 0.296 e. The number of rotatable bonds is 3. The highest BCUT2D eigenvalue weighted by Gasteiger charge is 2.11. The Morgan fingerprint density at radius 2 is 1.78 bits per heavy atom. The summed E-state index contributed by atoms with van der Waals surface area (Å²) in [7, 11) is 0. The average Bonchev–Trinajstić information content (AvgIpc) is 2.94. The number of aromatic nitrogens is 3. The molecule has 4 aromatic rings. The first-order valence-electron chi connectivity index (χ1n) is 7.94. The number of benzene rings is 2. The summed E-state index contributed by atoms with van der Waals surface area (Å²) in [5.41, 5.74) is 0.845. The van der Waals surface area contributed by atoms with Gasteiger partial charge >= 0.3 is 0 Å². The molecular formula is C19H11ClFN3O2S. The van der Waals surface area contributed by atoms with E-state index in [0.717, 1.165) is 21.4 Å². The standard InChI is InChI=1S/C19H11ClFN3O2S/c20-13-5-1-11(2-6-13)9-15-17(25)22-19-24(23-15)18(26)16(27-19)10-12-3-7-14(21)8-4-12/h1-8,10H,9H2. The van der Waals surface area contributed by atoms with Crippen LogP contribution in [0, 0.1) is 5.82 Å². The van der Waals surface area contributed by atoms with Gasteiger partial charge in [0, 0.05) is 11.4 Å². The van der Waals surface area contributed by atoms with Gasteiger partial charge in [0.25, 0.3) is 11.1 Å². The Kier molecular flexibility index (Phi) is 4.55. The Morgan fingerprint density at radius 3 is 2.48 bits per heavy atom. The van der Waals surface area contributed by atoms with E-state index in [9.17, 15) is 14.0 Å². The van der Waals surface area contributed by atoms with Crippen molar-refractivity contribution < 1.29 is 4.39 Å². The van der Waals surface area contributed by atoms with Gasteiger partial charge in [0.2, 0.25) is 4.96 Å². The molecule has 27 heavy (non-hydrogen) atoms. The first-order valence-corrected chi connectivity index (χ1v) is 9.13. The molecule has 0 radical (unpaired) electrons. The van der Waals surface area contributed by atoms with Crippen LogP contribution in [0.2, 0.25) is 5.02 Å². The Labute approximate surface area is 161 Å². The molecule has 0 amide bonds. The molecule has 0 saturated heterocycles. The summed E-state index contributed by atoms with van der Waals surface area (Å²) in [5, 5.41) is 4.79. The molecule has 4 rings (SSSR count). The zero-order valence-corrected chi connectivity index (χ0v) is 15.3. The van der Waals surface area contributed by atoms with E-state index in [-0.39, 0.29) is 28.5 Å². The Balaban J connectivity index is 1.79. The highest BCUT2D eigenvalue weighted by atomic mass is 35.5. The number of fused-ring (bicyclic) bond motifs is 1. The van der Waals surface area contributed by atoms with Gasteiger partial charge in [0.1, 0.15) is 11.5 Å². The topological polar surface area (TPSA) is 64.3 Å². The quantitative estimate of drug-likeness (QED) is 0.531. The van der Waals surface area contributed by atoms with Crippen molar-refractivity contribution in [3.05, 3.63) is 101 Å². The van der Waals surface area contributed by atoms with Crippen molar-refractivity contribution in [3.63, 3.8) is 0 Å². The number of halogens is 2. The second kappa shape index (κ2) is 7.02. The molecular weight excluding hydrogens is 389 g/mol. The van der Waals surface area contributed by atoms with Gasteiger partial charge in [-0.2, -0.15) is 14.6 Å². The van der Waals surface area contributed by atoms with Crippen molar-refractivity contribution in [1.82, 2.24) is 14.6 Å². The summed E-state index contributed by atoms with van der Waals surface area (Å²) in [6.45, 7) is 0. The lowest BCUT2D eigenvalue weighted by Gasteiger charge is -2.00. The van der Waals surface area contributed by atoms with E-state index in [1.54, 1.807) is 42.5 Å². The second-order valence-electron chi connectivity index (χ2n) is 5.83. The predicted octanol–water partition coefficient (Wildman–Crippen LogP) is 2.44. The minimum atomic E-state index is -0.473. The summed E-state index contributed by atoms with van der Waals surface area (Å²) in [6, 6.07) is 12.8. The van der Waals surface area contributed by atoms with Crippen LogP contribution in [0.25, 0.3) is 11.0 Å². The first-order chi connectivity index (χ1) is 13.0. The molecule has 0 fully saturated rings. The zero-order valence-electron chi connectivity index (χ0n) is 13.7. The molecule has 0 spiro atoms. The van der Waals surface area contributed by atoms with E-state index in [4.69, 9.17) is 11.6 Å². The third kappa shape index (κ3) is 3.65. The molecule has 0 N–H and O–H groups in total. The molecule has 0 unspecified atom stereocenters. The van der Waals surface area contributed by atoms with Gasteiger partial charge in [0.15, 0.2) is 0 Å². The summed E-state index contributed by atoms with van der Waals surface area (Å²) in [5.74, 6) is -0.355. The summed E-state index contributed by atoms with van der Waals surface area (Å²) in [6.07, 6.45) is 1.87. The maximum atomic E-state index is 13.0. The third-order valence-electron chi connectivity index (χ3n) is 3.90. The lowest BCUT2D eigenvalue weighted by Crippen LogP contribution is -2.28. The van der Waals surface area contributed by atoms with Crippen LogP contribution in [0.15, 0.2) is 58.1 Å². The molecule has 2 aromatic heterocycles. The molecule has 2 heterocycles. The fourth-order valence-electron chi connectivity index (χ4n) is 2.56. The molecule has 5 nitrogen and oxygen atoms in total. The molecule has 2 aromatic carbocycles. The number of thiazole rings is 1. The molecule has 0 atom stereocenters. The van der Waals surface area contributed by atoms with Crippen LogP contribution in [0.1, 0.15) is 16.8 Å². The van der Waals surface area contributed by atoms with E-state index < -0.39 is 5.56 Å². The van der Waals surface area contributed by atoms with Crippen LogP contribution in [-0.4, -0.2) is 14.6 Å². The highest BCUT2D eigenvalue weighted by molar-refractivity contribution is 7.15. The van der Waals surface area contributed by atoms with Gasteiger partial charge in [-0.25, -0.2) is 4.39 Å². The van der Waals surface area contributed by atoms with Crippen LogP contribution in [0.3, 0.4) is 0 Å². The fourth-order valence-corrected chi connectivity index (χ4v) is 3.59. The molecule has 0 saturated carbocycles. The van der Waals surface area contributed by atoms with Crippen molar-refractivity contribution >= 4 is 34.0 Å².